The van der Waals surface area contributed by atoms with Gasteiger partial charge in [-0.25, -0.2) is 0 Å². The minimum Gasteiger partial charge on any atom is -0.402 e. The fourth-order valence-electron chi connectivity index (χ4n) is 1.18. The molecule has 1 unspecified atom stereocenters. The van der Waals surface area contributed by atoms with Gasteiger partial charge in [-0.1, -0.05) is 6.07 Å². The molecule has 2 N–H and O–H groups in total. The lowest BCUT2D eigenvalue weighted by Gasteiger charge is -2.21. The van der Waals surface area contributed by atoms with E-state index in [1.54, 1.807) is 12.1 Å². The molecule has 14 heavy (non-hydrogen) atoms. The van der Waals surface area contributed by atoms with E-state index in [2.05, 4.69) is 10.2 Å². The van der Waals surface area contributed by atoms with Gasteiger partial charge in [0.25, 0.3) is 0 Å². The van der Waals surface area contributed by atoms with Gasteiger partial charge in [0.15, 0.2) is 0 Å². The van der Waals surface area contributed by atoms with Crippen molar-refractivity contribution in [3.8, 4) is 0 Å². The van der Waals surface area contributed by atoms with Crippen molar-refractivity contribution < 1.29 is 14.7 Å². The Labute approximate surface area is 84.5 Å². The van der Waals surface area contributed by atoms with Gasteiger partial charge in [-0.15, -0.1) is 16.5 Å². The van der Waals surface area contributed by atoms with Crippen LogP contribution in [0.4, 0.5) is 0 Å². The number of nitrogens with zero attached hydrogens (tertiary/aromatic N) is 2. The average Bonchev–Trinajstić information content (AvgIpc) is 2.69. The molecule has 1 atom stereocenters. The van der Waals surface area contributed by atoms with Crippen LogP contribution in [0.5, 0.6) is 0 Å². The highest BCUT2D eigenvalue weighted by Gasteiger charge is 2.37. The summed E-state index contributed by atoms with van der Waals surface area (Å²) in [6, 6.07) is 3.62. The van der Waals surface area contributed by atoms with E-state index in [0.29, 0.717) is 0 Å². The Bertz CT molecular complexity index is 351. The minimum atomic E-state index is -1.88. The second-order valence-electron chi connectivity index (χ2n) is 2.65. The van der Waals surface area contributed by atoms with Crippen LogP contribution in [0.2, 0.25) is 0 Å². The molecule has 0 aromatic carbocycles. The molecular formula is C7H7BN2O3S. The number of rotatable bonds is 3. The Kier molecular flexibility index (Phi) is 2.47. The summed E-state index contributed by atoms with van der Waals surface area (Å²) < 4.78 is 4.92. The van der Waals surface area contributed by atoms with Gasteiger partial charge >= 0.3 is 7.32 Å². The van der Waals surface area contributed by atoms with Crippen LogP contribution in [0.25, 0.3) is 0 Å². The third kappa shape index (κ3) is 1.62. The van der Waals surface area contributed by atoms with Crippen LogP contribution in [0.1, 0.15) is 4.88 Å². The Hall–Kier alpha value is -1.02. The Balaban J connectivity index is 2.33. The van der Waals surface area contributed by atoms with Crippen molar-refractivity contribution in [1.29, 1.82) is 0 Å². The zero-order chi connectivity index (χ0) is 10.0. The maximum absolute atomic E-state index is 8.78. The number of hydrogen-bond donors (Lipinski definition) is 2. The van der Waals surface area contributed by atoms with Crippen molar-refractivity contribution in [2.75, 3.05) is 0 Å². The zero-order valence-electron chi connectivity index (χ0n) is 7.07. The smallest absolute Gasteiger partial charge is 0.402 e. The molecule has 5 nitrogen and oxygen atoms in total. The van der Waals surface area contributed by atoms with E-state index >= 15 is 0 Å². The van der Waals surface area contributed by atoms with Crippen LogP contribution in [0.3, 0.4) is 0 Å². The first-order valence-corrected chi connectivity index (χ1v) is 4.78. The predicted octanol–water partition coefficient (Wildman–Crippen LogP) is 0.867. The summed E-state index contributed by atoms with van der Waals surface area (Å²) >= 11 is 1.41. The van der Waals surface area contributed by atoms with Crippen molar-refractivity contribution in [2.45, 2.75) is 5.72 Å². The number of hydrogen-bond acceptors (Lipinski definition) is 6. The van der Waals surface area contributed by atoms with Crippen molar-refractivity contribution in [3.63, 3.8) is 0 Å². The minimum absolute atomic E-state index is 0.753. The van der Waals surface area contributed by atoms with E-state index in [0.717, 1.165) is 4.88 Å². The molecular weight excluding hydrogens is 203 g/mol. The lowest BCUT2D eigenvalue weighted by atomic mass is 10.1. The van der Waals surface area contributed by atoms with Crippen LogP contribution in [0.15, 0.2) is 40.0 Å². The first-order valence-electron chi connectivity index (χ1n) is 3.91. The van der Waals surface area contributed by atoms with Crippen LogP contribution >= 0.6 is 11.3 Å². The quantitative estimate of drug-likeness (QED) is 0.726. The highest BCUT2D eigenvalue weighted by molar-refractivity contribution is 7.10. The summed E-state index contributed by atoms with van der Waals surface area (Å²) in [6.45, 7) is 0. The van der Waals surface area contributed by atoms with E-state index in [1.165, 1.54) is 17.5 Å². The van der Waals surface area contributed by atoms with Gasteiger partial charge in [-0.3, -0.25) is 0 Å². The van der Waals surface area contributed by atoms with Crippen molar-refractivity contribution in [1.82, 2.24) is 0 Å². The molecule has 0 saturated carbocycles. The maximum Gasteiger partial charge on any atom is 0.636 e. The molecule has 0 amide bonds. The van der Waals surface area contributed by atoms with Gasteiger partial charge in [0.2, 0.25) is 5.72 Å². The Morgan fingerprint density at radius 3 is 2.86 bits per heavy atom. The number of thiophene rings is 1. The summed E-state index contributed by atoms with van der Waals surface area (Å²) in [6.07, 6.45) is 3.03. The van der Waals surface area contributed by atoms with Gasteiger partial charge in [-0.2, -0.15) is 5.11 Å². The van der Waals surface area contributed by atoms with E-state index in [1.807, 2.05) is 11.4 Å². The molecule has 2 heterocycles. The Morgan fingerprint density at radius 1 is 1.50 bits per heavy atom. The third-order valence-electron chi connectivity index (χ3n) is 1.73. The molecule has 72 valence electrons. The second kappa shape index (κ2) is 3.62. The summed E-state index contributed by atoms with van der Waals surface area (Å²) in [5.74, 6) is 0. The van der Waals surface area contributed by atoms with E-state index in [-0.39, 0.29) is 0 Å². The summed E-state index contributed by atoms with van der Waals surface area (Å²) in [5, 5.41) is 26.9. The topological polar surface area (TPSA) is 74.4 Å². The Morgan fingerprint density at radius 2 is 2.36 bits per heavy atom. The molecule has 0 bridgehead atoms. The van der Waals surface area contributed by atoms with Gasteiger partial charge < -0.3 is 14.7 Å². The summed E-state index contributed by atoms with van der Waals surface area (Å²) in [5.41, 5.74) is -1.16. The third-order valence-corrected chi connectivity index (χ3v) is 2.71. The first kappa shape index (κ1) is 9.54. The molecule has 1 aromatic heterocycles. The lowest BCUT2D eigenvalue weighted by molar-refractivity contribution is 0.0646. The largest absolute Gasteiger partial charge is 0.636 e. The van der Waals surface area contributed by atoms with E-state index in [4.69, 9.17) is 14.7 Å². The zero-order valence-corrected chi connectivity index (χ0v) is 7.89. The molecule has 0 spiro atoms. The molecule has 7 heteroatoms. The van der Waals surface area contributed by atoms with Crippen molar-refractivity contribution in [3.05, 3.63) is 34.7 Å². The van der Waals surface area contributed by atoms with Crippen LogP contribution in [-0.2, 0) is 10.4 Å². The molecule has 1 aliphatic rings. The monoisotopic (exact) mass is 210 g/mol. The molecule has 0 saturated heterocycles. The van der Waals surface area contributed by atoms with Gasteiger partial charge in [-0.05, 0) is 17.5 Å². The molecule has 2 rings (SSSR count). The average molecular weight is 210 g/mol. The van der Waals surface area contributed by atoms with Gasteiger partial charge in [0.05, 0.1) is 11.1 Å². The SMILES string of the molecule is OB(O)OC1(c2cccs2)C=CN=N1. The lowest BCUT2D eigenvalue weighted by Crippen LogP contribution is -2.31. The van der Waals surface area contributed by atoms with Crippen molar-refractivity contribution >= 4 is 18.7 Å². The highest BCUT2D eigenvalue weighted by Crippen LogP contribution is 2.35. The molecule has 0 fully saturated rings. The fraction of sp³-hybridized carbons (Fsp3) is 0.143. The molecule has 1 aromatic rings. The van der Waals surface area contributed by atoms with Gasteiger partial charge in [0.1, 0.15) is 0 Å². The first-order chi connectivity index (χ1) is 6.73. The fourth-order valence-corrected chi connectivity index (χ4v) is 1.97. The van der Waals surface area contributed by atoms with Gasteiger partial charge in [0, 0.05) is 0 Å². The van der Waals surface area contributed by atoms with Crippen LogP contribution < -0.4 is 0 Å². The molecule has 1 aliphatic heterocycles. The highest BCUT2D eigenvalue weighted by atomic mass is 32.1. The number of azo groups is 1. The summed E-state index contributed by atoms with van der Waals surface area (Å²) in [7, 11) is -1.88. The maximum atomic E-state index is 8.78. The van der Waals surface area contributed by atoms with Crippen LogP contribution in [0, 0.1) is 0 Å². The molecule has 0 radical (unpaired) electrons. The summed E-state index contributed by atoms with van der Waals surface area (Å²) in [4.78, 5) is 0.753. The van der Waals surface area contributed by atoms with Crippen LogP contribution in [-0.4, -0.2) is 17.4 Å². The van der Waals surface area contributed by atoms with Crippen molar-refractivity contribution in [2.24, 2.45) is 10.2 Å². The van der Waals surface area contributed by atoms with E-state index in [9.17, 15) is 0 Å². The predicted molar refractivity (Wildman–Crippen MR) is 51.3 cm³/mol. The molecule has 0 aliphatic carbocycles. The standard InChI is InChI=1S/C7H7BN2O3S/c11-8(12)13-7(3-4-9-10-7)6-2-1-5-14-6/h1-5,11-12H. The second-order valence-corrected chi connectivity index (χ2v) is 3.60. The normalized spacial score (nSPS) is 24.4. The van der Waals surface area contributed by atoms with E-state index < -0.39 is 13.0 Å².